The van der Waals surface area contributed by atoms with Crippen LogP contribution in [0.25, 0.3) is 11.7 Å². The Bertz CT molecular complexity index is 769. The van der Waals surface area contributed by atoms with Gasteiger partial charge in [0.25, 0.3) is 5.89 Å². The molecule has 0 aliphatic carbocycles. The first kappa shape index (κ1) is 14.2. The van der Waals surface area contributed by atoms with E-state index in [1.165, 1.54) is 0 Å². The zero-order valence-corrected chi connectivity index (χ0v) is 13.6. The van der Waals surface area contributed by atoms with Crippen LogP contribution in [0.15, 0.2) is 48.7 Å². The van der Waals surface area contributed by atoms with E-state index in [-0.39, 0.29) is 0 Å². The molecule has 1 aromatic carbocycles. The molecule has 0 bridgehead atoms. The number of rotatable bonds is 4. The third-order valence-corrected chi connectivity index (χ3v) is 4.27. The maximum Gasteiger partial charge on any atom is 0.283 e. The summed E-state index contributed by atoms with van der Waals surface area (Å²) in [5.41, 5.74) is 7.88. The van der Waals surface area contributed by atoms with Crippen LogP contribution in [-0.4, -0.2) is 10.2 Å². The second-order valence-corrected chi connectivity index (χ2v) is 6.23. The third-order valence-electron chi connectivity index (χ3n) is 2.77. The fourth-order valence-electron chi connectivity index (χ4n) is 1.78. The minimum atomic E-state index is 0.369. The number of furan rings is 1. The van der Waals surface area contributed by atoms with Gasteiger partial charge in [0.05, 0.1) is 5.75 Å². The van der Waals surface area contributed by atoms with Crippen LogP contribution in [0.5, 0.6) is 0 Å². The highest BCUT2D eigenvalue weighted by atomic mass is 79.9. The van der Waals surface area contributed by atoms with Crippen LogP contribution in [-0.2, 0) is 5.75 Å². The van der Waals surface area contributed by atoms with Crippen LogP contribution in [0, 0.1) is 6.92 Å². The molecule has 2 N–H and O–H groups in total. The standard InChI is InChI=1S/C14H12BrN3O2S/c1-8-2-4-11(9(16)6-8)21-7-13-17-18-14(20-13)10-3-5-12(15)19-10/h2-6H,7,16H2,1H3. The maximum atomic E-state index is 5.98. The van der Waals surface area contributed by atoms with Gasteiger partial charge in [-0.05, 0) is 52.7 Å². The normalized spacial score (nSPS) is 11.0. The molecule has 3 aromatic rings. The first-order valence-corrected chi connectivity index (χ1v) is 7.97. The Morgan fingerprint density at radius 1 is 1.19 bits per heavy atom. The second kappa shape index (κ2) is 5.95. The predicted octanol–water partition coefficient (Wildman–Crippen LogP) is 4.28. The van der Waals surface area contributed by atoms with Gasteiger partial charge >= 0.3 is 0 Å². The van der Waals surface area contributed by atoms with Gasteiger partial charge in [-0.3, -0.25) is 0 Å². The Hall–Kier alpha value is -1.73. The second-order valence-electron chi connectivity index (χ2n) is 4.43. The van der Waals surface area contributed by atoms with Crippen molar-refractivity contribution in [2.75, 3.05) is 5.73 Å². The lowest BCUT2D eigenvalue weighted by Crippen LogP contribution is -1.90. The average molecular weight is 366 g/mol. The fourth-order valence-corrected chi connectivity index (χ4v) is 2.87. The van der Waals surface area contributed by atoms with Crippen molar-refractivity contribution in [1.82, 2.24) is 10.2 Å². The zero-order chi connectivity index (χ0) is 14.8. The smallest absolute Gasteiger partial charge is 0.283 e. The van der Waals surface area contributed by atoms with Gasteiger partial charge in [0.1, 0.15) is 0 Å². The van der Waals surface area contributed by atoms with Crippen LogP contribution < -0.4 is 5.73 Å². The Balaban J connectivity index is 1.70. The van der Waals surface area contributed by atoms with Gasteiger partial charge in [0, 0.05) is 10.6 Å². The number of halogens is 1. The molecule has 0 unspecified atom stereocenters. The van der Waals surface area contributed by atoms with Crippen LogP contribution in [0.2, 0.25) is 0 Å². The fraction of sp³-hybridized carbons (Fsp3) is 0.143. The molecule has 0 radical (unpaired) electrons. The van der Waals surface area contributed by atoms with Crippen LogP contribution >= 0.6 is 27.7 Å². The quantitative estimate of drug-likeness (QED) is 0.549. The molecule has 108 valence electrons. The van der Waals surface area contributed by atoms with E-state index < -0.39 is 0 Å². The summed E-state index contributed by atoms with van der Waals surface area (Å²) in [5.74, 6) is 2.00. The highest BCUT2D eigenvalue weighted by molar-refractivity contribution is 9.10. The molecule has 0 aliphatic heterocycles. The lowest BCUT2D eigenvalue weighted by molar-refractivity contribution is 0.486. The summed E-state index contributed by atoms with van der Waals surface area (Å²) in [7, 11) is 0. The number of hydrogen-bond acceptors (Lipinski definition) is 6. The highest BCUT2D eigenvalue weighted by Gasteiger charge is 2.12. The summed E-state index contributed by atoms with van der Waals surface area (Å²) >= 11 is 4.80. The molecule has 0 fully saturated rings. The van der Waals surface area contributed by atoms with Gasteiger partial charge in [0.15, 0.2) is 10.4 Å². The number of aryl methyl sites for hydroxylation is 1. The molecule has 3 rings (SSSR count). The molecule has 0 amide bonds. The summed E-state index contributed by atoms with van der Waals surface area (Å²) in [4.78, 5) is 1.00. The lowest BCUT2D eigenvalue weighted by atomic mass is 10.2. The number of thioether (sulfide) groups is 1. The predicted molar refractivity (Wildman–Crippen MR) is 84.9 cm³/mol. The molecule has 5 nitrogen and oxygen atoms in total. The largest absolute Gasteiger partial charge is 0.444 e. The number of anilines is 1. The number of nitrogen functional groups attached to an aromatic ring is 1. The summed E-state index contributed by atoms with van der Waals surface area (Å²) < 4.78 is 11.6. The van der Waals surface area contributed by atoms with Crippen LogP contribution in [0.1, 0.15) is 11.5 Å². The highest BCUT2D eigenvalue weighted by Crippen LogP contribution is 2.30. The molecule has 21 heavy (non-hydrogen) atoms. The number of nitrogens with two attached hydrogens (primary N) is 1. The minimum absolute atomic E-state index is 0.369. The first-order valence-electron chi connectivity index (χ1n) is 6.19. The molecule has 0 atom stereocenters. The van der Waals surface area contributed by atoms with Crippen LogP contribution in [0.4, 0.5) is 5.69 Å². The number of aromatic nitrogens is 2. The Morgan fingerprint density at radius 3 is 2.76 bits per heavy atom. The van der Waals surface area contributed by atoms with Crippen molar-refractivity contribution in [3.63, 3.8) is 0 Å². The van der Waals surface area contributed by atoms with E-state index in [9.17, 15) is 0 Å². The number of nitrogens with zero attached hydrogens (tertiary/aromatic N) is 2. The van der Waals surface area contributed by atoms with Crippen molar-refractivity contribution in [2.45, 2.75) is 17.6 Å². The van der Waals surface area contributed by atoms with E-state index in [1.54, 1.807) is 23.9 Å². The van der Waals surface area contributed by atoms with Crippen molar-refractivity contribution >= 4 is 33.4 Å². The van der Waals surface area contributed by atoms with Gasteiger partial charge in [-0.25, -0.2) is 0 Å². The van der Waals surface area contributed by atoms with Crippen molar-refractivity contribution in [3.8, 4) is 11.7 Å². The Kier molecular flexibility index (Phi) is 4.03. The maximum absolute atomic E-state index is 5.98. The van der Waals surface area contributed by atoms with Gasteiger partial charge in [0.2, 0.25) is 5.89 Å². The van der Waals surface area contributed by atoms with Crippen molar-refractivity contribution < 1.29 is 8.83 Å². The molecule has 2 heterocycles. The first-order chi connectivity index (χ1) is 10.1. The Labute approximate surface area is 134 Å². The molecule has 0 saturated heterocycles. The monoisotopic (exact) mass is 365 g/mol. The molecule has 0 aliphatic rings. The lowest BCUT2D eigenvalue weighted by Gasteiger charge is -2.04. The van der Waals surface area contributed by atoms with Crippen molar-refractivity contribution in [2.24, 2.45) is 0 Å². The van der Waals surface area contributed by atoms with Gasteiger partial charge in [-0.2, -0.15) is 0 Å². The Morgan fingerprint density at radius 2 is 2.05 bits per heavy atom. The SMILES string of the molecule is Cc1ccc(SCc2nnc(-c3ccc(Br)o3)o2)c(N)c1. The van der Waals surface area contributed by atoms with Crippen molar-refractivity contribution in [3.05, 3.63) is 46.5 Å². The average Bonchev–Trinajstić information content (AvgIpc) is 3.06. The van der Waals surface area contributed by atoms with E-state index in [1.807, 2.05) is 25.1 Å². The molecular weight excluding hydrogens is 354 g/mol. The van der Waals surface area contributed by atoms with E-state index in [2.05, 4.69) is 26.1 Å². The van der Waals surface area contributed by atoms with E-state index >= 15 is 0 Å². The van der Waals surface area contributed by atoms with Gasteiger partial charge < -0.3 is 14.6 Å². The summed E-state index contributed by atoms with van der Waals surface area (Å²) in [5, 5.41) is 7.98. The zero-order valence-electron chi connectivity index (χ0n) is 11.2. The summed E-state index contributed by atoms with van der Waals surface area (Å²) in [6.07, 6.45) is 0. The topological polar surface area (TPSA) is 78.1 Å². The molecule has 0 spiro atoms. The minimum Gasteiger partial charge on any atom is -0.444 e. The van der Waals surface area contributed by atoms with Gasteiger partial charge in [-0.15, -0.1) is 22.0 Å². The van der Waals surface area contributed by atoms with E-state index in [0.29, 0.717) is 28.0 Å². The van der Waals surface area contributed by atoms with Gasteiger partial charge in [-0.1, -0.05) is 6.07 Å². The molecular formula is C14H12BrN3O2S. The molecule has 0 saturated carbocycles. The third kappa shape index (κ3) is 3.30. The van der Waals surface area contributed by atoms with E-state index in [0.717, 1.165) is 16.1 Å². The number of hydrogen-bond donors (Lipinski definition) is 1. The van der Waals surface area contributed by atoms with Crippen molar-refractivity contribution in [1.29, 1.82) is 0 Å². The van der Waals surface area contributed by atoms with E-state index in [4.69, 9.17) is 14.6 Å². The molecule has 2 aromatic heterocycles. The summed E-state index contributed by atoms with van der Waals surface area (Å²) in [6.45, 7) is 2.01. The summed E-state index contributed by atoms with van der Waals surface area (Å²) in [6, 6.07) is 9.52. The van der Waals surface area contributed by atoms with Crippen LogP contribution in [0.3, 0.4) is 0 Å². The molecule has 7 heteroatoms. The number of benzene rings is 1.